The first-order chi connectivity index (χ1) is 15.5. The normalized spacial score (nSPS) is 10.6. The van der Waals surface area contributed by atoms with Crippen LogP contribution in [0.2, 0.25) is 0 Å². The third kappa shape index (κ3) is 4.67. The summed E-state index contributed by atoms with van der Waals surface area (Å²) in [6.45, 7) is 2.07. The predicted molar refractivity (Wildman–Crippen MR) is 120 cm³/mol. The van der Waals surface area contributed by atoms with Gasteiger partial charge in [0.1, 0.15) is 17.0 Å². The number of hydrogen-bond acceptors (Lipinski definition) is 6. The molecule has 162 valence electrons. The molecule has 0 saturated heterocycles. The van der Waals surface area contributed by atoms with E-state index in [9.17, 15) is 9.59 Å². The van der Waals surface area contributed by atoms with Crippen LogP contribution in [0.4, 0.5) is 16.2 Å². The number of furan rings is 1. The van der Waals surface area contributed by atoms with Crippen LogP contribution in [0.3, 0.4) is 0 Å². The van der Waals surface area contributed by atoms with Crippen molar-refractivity contribution >= 4 is 34.3 Å². The molecule has 3 amide bonds. The SMILES string of the molecule is COc1ccc(NC(=O)Nc2cc(C)nc3cccnc23)cc1C(=O)NCc1ccco1. The van der Waals surface area contributed by atoms with Crippen molar-refractivity contribution in [1.82, 2.24) is 15.3 Å². The van der Waals surface area contributed by atoms with E-state index >= 15 is 0 Å². The fraction of sp³-hybridized carbons (Fsp3) is 0.130. The number of carbonyl (C=O) groups is 2. The van der Waals surface area contributed by atoms with Crippen LogP contribution in [0.15, 0.2) is 65.4 Å². The lowest BCUT2D eigenvalue weighted by Crippen LogP contribution is -2.24. The Morgan fingerprint density at radius 2 is 1.97 bits per heavy atom. The molecule has 0 unspecified atom stereocenters. The van der Waals surface area contributed by atoms with Crippen LogP contribution < -0.4 is 20.7 Å². The van der Waals surface area contributed by atoms with Crippen molar-refractivity contribution in [1.29, 1.82) is 0 Å². The minimum atomic E-state index is -0.477. The van der Waals surface area contributed by atoms with E-state index in [1.54, 1.807) is 48.7 Å². The van der Waals surface area contributed by atoms with E-state index < -0.39 is 6.03 Å². The molecule has 3 aromatic heterocycles. The van der Waals surface area contributed by atoms with Gasteiger partial charge in [-0.1, -0.05) is 0 Å². The average Bonchev–Trinajstić information content (AvgIpc) is 3.31. The molecule has 0 saturated carbocycles. The molecular weight excluding hydrogens is 410 g/mol. The van der Waals surface area contributed by atoms with Gasteiger partial charge in [-0.15, -0.1) is 0 Å². The number of fused-ring (bicyclic) bond motifs is 1. The standard InChI is InChI=1S/C23H21N5O4/c1-14-11-19(21-18(26-14)6-3-9-24-21)28-23(30)27-15-7-8-20(31-2)17(12-15)22(29)25-13-16-5-4-10-32-16/h3-12H,13H2,1-2H3,(H,25,29)(H2,26,27,28,30). The summed E-state index contributed by atoms with van der Waals surface area (Å²) in [6.07, 6.45) is 3.17. The molecule has 0 spiro atoms. The second-order valence-corrected chi connectivity index (χ2v) is 6.94. The van der Waals surface area contributed by atoms with Crippen molar-refractivity contribution in [3.63, 3.8) is 0 Å². The van der Waals surface area contributed by atoms with Crippen LogP contribution in [0.5, 0.6) is 5.75 Å². The van der Waals surface area contributed by atoms with Crippen molar-refractivity contribution in [3.8, 4) is 5.75 Å². The van der Waals surface area contributed by atoms with E-state index in [-0.39, 0.29) is 18.0 Å². The molecule has 4 aromatic rings. The van der Waals surface area contributed by atoms with E-state index in [4.69, 9.17) is 9.15 Å². The molecule has 0 bridgehead atoms. The zero-order valence-electron chi connectivity index (χ0n) is 17.5. The second-order valence-electron chi connectivity index (χ2n) is 6.94. The smallest absolute Gasteiger partial charge is 0.323 e. The summed E-state index contributed by atoms with van der Waals surface area (Å²) in [7, 11) is 1.47. The maximum absolute atomic E-state index is 12.7. The van der Waals surface area contributed by atoms with E-state index in [2.05, 4.69) is 25.9 Å². The Kier molecular flexibility index (Phi) is 5.98. The summed E-state index contributed by atoms with van der Waals surface area (Å²) < 4.78 is 10.5. The topological polar surface area (TPSA) is 118 Å². The number of nitrogens with one attached hydrogen (secondary N) is 3. The number of aromatic nitrogens is 2. The van der Waals surface area contributed by atoms with Gasteiger partial charge in [0.25, 0.3) is 5.91 Å². The highest BCUT2D eigenvalue weighted by molar-refractivity contribution is 6.05. The number of pyridine rings is 2. The first kappa shape index (κ1) is 20.9. The van der Waals surface area contributed by atoms with Crippen molar-refractivity contribution < 1.29 is 18.7 Å². The summed E-state index contributed by atoms with van der Waals surface area (Å²) >= 11 is 0. The number of urea groups is 1. The number of aryl methyl sites for hydroxylation is 1. The van der Waals surface area contributed by atoms with Gasteiger partial charge in [-0.3, -0.25) is 14.8 Å². The van der Waals surface area contributed by atoms with Gasteiger partial charge >= 0.3 is 6.03 Å². The van der Waals surface area contributed by atoms with Crippen molar-refractivity contribution in [2.24, 2.45) is 0 Å². The molecule has 0 radical (unpaired) electrons. The largest absolute Gasteiger partial charge is 0.496 e. The Labute approximate surface area is 183 Å². The molecule has 9 heteroatoms. The molecule has 3 N–H and O–H groups in total. The molecule has 0 atom stereocenters. The third-order valence-electron chi connectivity index (χ3n) is 4.65. The van der Waals surface area contributed by atoms with Crippen LogP contribution in [0.1, 0.15) is 21.8 Å². The zero-order chi connectivity index (χ0) is 22.5. The Hall–Kier alpha value is -4.40. The monoisotopic (exact) mass is 431 g/mol. The molecule has 0 aliphatic carbocycles. The number of nitrogens with zero attached hydrogens (tertiary/aromatic N) is 2. The van der Waals surface area contributed by atoms with Gasteiger partial charge in [-0.2, -0.15) is 0 Å². The van der Waals surface area contributed by atoms with Gasteiger partial charge in [0.05, 0.1) is 36.7 Å². The molecule has 0 fully saturated rings. The lowest BCUT2D eigenvalue weighted by molar-refractivity contribution is 0.0945. The van der Waals surface area contributed by atoms with Crippen LogP contribution >= 0.6 is 0 Å². The molecule has 0 aliphatic rings. The maximum atomic E-state index is 12.7. The Bertz CT molecular complexity index is 1270. The van der Waals surface area contributed by atoms with E-state index in [0.717, 1.165) is 5.69 Å². The molecule has 3 heterocycles. The summed E-state index contributed by atoms with van der Waals surface area (Å²) in [5.41, 5.74) is 3.26. The quantitative estimate of drug-likeness (QED) is 0.423. The van der Waals surface area contributed by atoms with Crippen LogP contribution in [-0.4, -0.2) is 29.0 Å². The number of anilines is 2. The van der Waals surface area contributed by atoms with Gasteiger partial charge in [-0.05, 0) is 55.5 Å². The van der Waals surface area contributed by atoms with Gasteiger partial charge < -0.3 is 25.1 Å². The lowest BCUT2D eigenvalue weighted by Gasteiger charge is -2.13. The highest BCUT2D eigenvalue weighted by Crippen LogP contribution is 2.24. The first-order valence-corrected chi connectivity index (χ1v) is 9.82. The second kappa shape index (κ2) is 9.17. The van der Waals surface area contributed by atoms with Gasteiger partial charge in [0.2, 0.25) is 0 Å². The lowest BCUT2D eigenvalue weighted by atomic mass is 10.1. The predicted octanol–water partition coefficient (Wildman–Crippen LogP) is 4.11. The molecule has 0 aliphatic heterocycles. The molecular formula is C23H21N5O4. The fourth-order valence-corrected chi connectivity index (χ4v) is 3.21. The van der Waals surface area contributed by atoms with Crippen molar-refractivity contribution in [2.75, 3.05) is 17.7 Å². The van der Waals surface area contributed by atoms with Gasteiger partial charge in [0, 0.05) is 17.6 Å². The van der Waals surface area contributed by atoms with Crippen LogP contribution in [0, 0.1) is 6.92 Å². The molecule has 1 aromatic carbocycles. The molecule has 32 heavy (non-hydrogen) atoms. The number of hydrogen-bond donors (Lipinski definition) is 3. The zero-order valence-corrected chi connectivity index (χ0v) is 17.5. The minimum Gasteiger partial charge on any atom is -0.496 e. The molecule has 4 rings (SSSR count). The minimum absolute atomic E-state index is 0.231. The number of methoxy groups -OCH3 is 1. The maximum Gasteiger partial charge on any atom is 0.323 e. The highest BCUT2D eigenvalue weighted by atomic mass is 16.5. The summed E-state index contributed by atoms with van der Waals surface area (Å²) in [5, 5.41) is 8.30. The summed E-state index contributed by atoms with van der Waals surface area (Å²) in [6, 6.07) is 13.2. The Morgan fingerprint density at radius 1 is 1.09 bits per heavy atom. The molecule has 9 nitrogen and oxygen atoms in total. The van der Waals surface area contributed by atoms with Gasteiger partial charge in [0.15, 0.2) is 0 Å². The Balaban J connectivity index is 1.50. The summed E-state index contributed by atoms with van der Waals surface area (Å²) in [4.78, 5) is 34.0. The number of benzene rings is 1. The average molecular weight is 431 g/mol. The van der Waals surface area contributed by atoms with E-state index in [0.29, 0.717) is 33.9 Å². The number of ether oxygens (including phenoxy) is 1. The number of rotatable bonds is 6. The number of amides is 3. The highest BCUT2D eigenvalue weighted by Gasteiger charge is 2.15. The van der Waals surface area contributed by atoms with Crippen LogP contribution in [-0.2, 0) is 6.54 Å². The van der Waals surface area contributed by atoms with Crippen molar-refractivity contribution in [3.05, 3.63) is 78.0 Å². The fourth-order valence-electron chi connectivity index (χ4n) is 3.21. The third-order valence-corrected chi connectivity index (χ3v) is 4.65. The Morgan fingerprint density at radius 3 is 2.75 bits per heavy atom. The van der Waals surface area contributed by atoms with Crippen molar-refractivity contribution in [2.45, 2.75) is 13.5 Å². The van der Waals surface area contributed by atoms with Gasteiger partial charge in [-0.25, -0.2) is 4.79 Å². The van der Waals surface area contributed by atoms with E-state index in [1.165, 1.54) is 13.4 Å². The van der Waals surface area contributed by atoms with Crippen LogP contribution in [0.25, 0.3) is 11.0 Å². The number of carbonyl (C=O) groups excluding carboxylic acids is 2. The first-order valence-electron chi connectivity index (χ1n) is 9.82. The summed E-state index contributed by atoms with van der Waals surface area (Å²) in [5.74, 6) is 0.648. The van der Waals surface area contributed by atoms with E-state index in [1.807, 2.05) is 13.0 Å².